The maximum absolute atomic E-state index is 13.0. The number of imidazole rings is 1. The summed E-state index contributed by atoms with van der Waals surface area (Å²) < 4.78 is 36.8. The Balaban J connectivity index is 1.19. The third-order valence-electron chi connectivity index (χ3n) is 7.77. The van der Waals surface area contributed by atoms with Gasteiger partial charge in [0.05, 0.1) is 37.0 Å². The number of aryl methyl sites for hydroxylation is 2. The summed E-state index contributed by atoms with van der Waals surface area (Å²) in [5.74, 6) is 0.251. The van der Waals surface area contributed by atoms with Crippen molar-refractivity contribution in [1.29, 1.82) is 0 Å². The van der Waals surface area contributed by atoms with E-state index in [1.165, 1.54) is 17.2 Å². The van der Waals surface area contributed by atoms with Gasteiger partial charge in [-0.25, -0.2) is 18.1 Å². The Morgan fingerprint density at radius 1 is 1.16 bits per heavy atom. The largest absolute Gasteiger partial charge is 0.378 e. The molecule has 10 nitrogen and oxygen atoms in total. The third-order valence-corrected chi connectivity index (χ3v) is 8.50. The van der Waals surface area contributed by atoms with E-state index in [4.69, 9.17) is 4.74 Å². The minimum absolute atomic E-state index is 0.123. The van der Waals surface area contributed by atoms with Gasteiger partial charge in [-0.1, -0.05) is 6.07 Å². The number of nitrogens with one attached hydrogen (secondary N) is 1. The number of benzene rings is 1. The van der Waals surface area contributed by atoms with Crippen LogP contribution in [0.1, 0.15) is 54.1 Å². The molecular formula is C26H36N6O4S. The predicted molar refractivity (Wildman–Crippen MR) is 141 cm³/mol. The van der Waals surface area contributed by atoms with Crippen LogP contribution in [0.15, 0.2) is 36.9 Å². The van der Waals surface area contributed by atoms with Gasteiger partial charge in [-0.15, -0.1) is 0 Å². The number of carbonyl (C=O) groups is 1. The van der Waals surface area contributed by atoms with Crippen molar-refractivity contribution in [3.05, 3.63) is 48.2 Å². The summed E-state index contributed by atoms with van der Waals surface area (Å²) in [6.45, 7) is 1.32. The fourth-order valence-electron chi connectivity index (χ4n) is 5.76. The van der Waals surface area contributed by atoms with Crippen LogP contribution in [0.5, 0.6) is 0 Å². The molecule has 1 N–H and O–H groups in total. The van der Waals surface area contributed by atoms with E-state index in [1.807, 2.05) is 25.0 Å². The second kappa shape index (κ2) is 10.5. The Morgan fingerprint density at radius 3 is 2.65 bits per heavy atom. The van der Waals surface area contributed by atoms with Crippen molar-refractivity contribution in [3.63, 3.8) is 0 Å². The normalized spacial score (nSPS) is 25.0. The first-order chi connectivity index (χ1) is 17.7. The maximum Gasteiger partial charge on any atom is 0.274 e. The lowest BCUT2D eigenvalue weighted by molar-refractivity contribution is -0.0150. The molecule has 1 amide bonds. The predicted octanol–water partition coefficient (Wildman–Crippen LogP) is 2.43. The number of likely N-dealkylation sites (tertiary alicyclic amines) is 1. The molecule has 5 rings (SSSR count). The van der Waals surface area contributed by atoms with E-state index in [2.05, 4.69) is 33.0 Å². The van der Waals surface area contributed by atoms with Gasteiger partial charge in [-0.3, -0.25) is 9.48 Å². The van der Waals surface area contributed by atoms with Gasteiger partial charge in [0, 0.05) is 50.7 Å². The molecule has 1 aliphatic heterocycles. The SMILES string of the molecule is Cn1cnc(C(=O)N2CCC(NS(C)(=O)=O)[C@H](COC3CCC(c4ccc5c(cnn5C)c4)CC3)C2)c1. The van der Waals surface area contributed by atoms with E-state index in [-0.39, 0.29) is 24.0 Å². The second-order valence-electron chi connectivity index (χ2n) is 10.6. The smallest absolute Gasteiger partial charge is 0.274 e. The number of rotatable bonds is 7. The average Bonchev–Trinajstić information content (AvgIpc) is 3.47. The Bertz CT molecular complexity index is 1360. The standard InChI is InChI=1S/C26H36N6O4S/c1-30-15-24(27-17-30)26(33)32-11-10-23(29-37(3,34)35)21(14-32)16-36-22-7-4-18(5-8-22)19-6-9-25-20(12-19)13-28-31(25)2/h6,9,12-13,15,17-18,21-23,29H,4-5,7-8,10-11,14,16H2,1-3H3/t18?,21-,22?,23?/m0/s1. The van der Waals surface area contributed by atoms with Crippen molar-refractivity contribution < 1.29 is 17.9 Å². The highest BCUT2D eigenvalue weighted by molar-refractivity contribution is 7.88. The lowest BCUT2D eigenvalue weighted by Crippen LogP contribution is -2.53. The number of ether oxygens (including phenoxy) is 1. The van der Waals surface area contributed by atoms with Crippen LogP contribution in [0.2, 0.25) is 0 Å². The minimum atomic E-state index is -3.37. The van der Waals surface area contributed by atoms with Gasteiger partial charge < -0.3 is 14.2 Å². The van der Waals surface area contributed by atoms with Gasteiger partial charge in [0.25, 0.3) is 5.91 Å². The summed E-state index contributed by atoms with van der Waals surface area (Å²) in [6, 6.07) is 6.36. The summed E-state index contributed by atoms with van der Waals surface area (Å²) in [5, 5.41) is 5.52. The number of amides is 1. The first-order valence-corrected chi connectivity index (χ1v) is 14.8. The van der Waals surface area contributed by atoms with E-state index in [9.17, 15) is 13.2 Å². The number of fused-ring (bicyclic) bond motifs is 1. The Hall–Kier alpha value is -2.76. The lowest BCUT2D eigenvalue weighted by Gasteiger charge is -2.39. The minimum Gasteiger partial charge on any atom is -0.378 e. The topological polar surface area (TPSA) is 111 Å². The molecule has 2 aliphatic rings. The van der Waals surface area contributed by atoms with Crippen LogP contribution in [0.3, 0.4) is 0 Å². The molecule has 0 bridgehead atoms. The summed E-state index contributed by atoms with van der Waals surface area (Å²) in [4.78, 5) is 18.9. The van der Waals surface area contributed by atoms with Crippen LogP contribution >= 0.6 is 0 Å². The van der Waals surface area contributed by atoms with Crippen molar-refractivity contribution in [2.24, 2.45) is 20.0 Å². The van der Waals surface area contributed by atoms with Gasteiger partial charge in [0.15, 0.2) is 0 Å². The molecule has 11 heteroatoms. The van der Waals surface area contributed by atoms with Gasteiger partial charge >= 0.3 is 0 Å². The van der Waals surface area contributed by atoms with Crippen molar-refractivity contribution in [1.82, 2.24) is 29.0 Å². The third kappa shape index (κ3) is 6.05. The molecule has 0 spiro atoms. The Labute approximate surface area is 218 Å². The number of hydrogen-bond acceptors (Lipinski definition) is 6. The fourth-order valence-corrected chi connectivity index (χ4v) is 6.62. The monoisotopic (exact) mass is 528 g/mol. The zero-order valence-electron chi connectivity index (χ0n) is 21.7. The summed E-state index contributed by atoms with van der Waals surface area (Å²) >= 11 is 0. The highest BCUT2D eigenvalue weighted by atomic mass is 32.2. The zero-order valence-corrected chi connectivity index (χ0v) is 22.5. The van der Waals surface area contributed by atoms with Crippen LogP contribution in [0.4, 0.5) is 0 Å². The van der Waals surface area contributed by atoms with Crippen LogP contribution in [-0.2, 0) is 28.9 Å². The van der Waals surface area contributed by atoms with E-state index in [0.29, 0.717) is 37.7 Å². The van der Waals surface area contributed by atoms with Gasteiger partial charge in [0.1, 0.15) is 5.69 Å². The molecule has 37 heavy (non-hydrogen) atoms. The van der Waals surface area contributed by atoms with Crippen LogP contribution in [0.25, 0.3) is 10.9 Å². The molecular weight excluding hydrogens is 492 g/mol. The number of nitrogens with zero attached hydrogens (tertiary/aromatic N) is 5. The van der Waals surface area contributed by atoms with E-state index in [1.54, 1.807) is 22.0 Å². The van der Waals surface area contributed by atoms with Gasteiger partial charge in [-0.2, -0.15) is 5.10 Å². The molecule has 200 valence electrons. The van der Waals surface area contributed by atoms with E-state index < -0.39 is 10.0 Å². The summed E-state index contributed by atoms with van der Waals surface area (Å²) in [5.41, 5.74) is 2.90. The Kier molecular flexibility index (Phi) is 7.37. The lowest BCUT2D eigenvalue weighted by atomic mass is 9.82. The number of sulfonamides is 1. The molecule has 1 aromatic carbocycles. The summed E-state index contributed by atoms with van der Waals surface area (Å²) in [6.07, 6.45) is 11.1. The molecule has 1 aliphatic carbocycles. The molecule has 1 saturated heterocycles. The zero-order chi connectivity index (χ0) is 26.2. The van der Waals surface area contributed by atoms with Crippen molar-refractivity contribution in [3.8, 4) is 0 Å². The molecule has 2 fully saturated rings. The maximum atomic E-state index is 13.0. The molecule has 3 aromatic rings. The average molecular weight is 529 g/mol. The fraction of sp³-hybridized carbons (Fsp3) is 0.577. The highest BCUT2D eigenvalue weighted by Gasteiger charge is 2.35. The molecule has 2 atom stereocenters. The van der Waals surface area contributed by atoms with Gasteiger partial charge in [-0.05, 0) is 55.7 Å². The molecule has 0 radical (unpaired) electrons. The van der Waals surface area contributed by atoms with Crippen LogP contribution < -0.4 is 4.72 Å². The van der Waals surface area contributed by atoms with E-state index in [0.717, 1.165) is 31.2 Å². The second-order valence-corrected chi connectivity index (χ2v) is 12.4. The molecule has 1 unspecified atom stereocenters. The first-order valence-electron chi connectivity index (χ1n) is 12.9. The Morgan fingerprint density at radius 2 is 1.95 bits per heavy atom. The molecule has 3 heterocycles. The van der Waals surface area contributed by atoms with Crippen molar-refractivity contribution in [2.45, 2.75) is 50.2 Å². The van der Waals surface area contributed by atoms with Gasteiger partial charge in [0.2, 0.25) is 10.0 Å². The number of aromatic nitrogens is 4. The van der Waals surface area contributed by atoms with Crippen LogP contribution in [0, 0.1) is 5.92 Å². The number of hydrogen-bond donors (Lipinski definition) is 1. The molecule has 1 saturated carbocycles. The number of piperidine rings is 1. The van der Waals surface area contributed by atoms with Crippen molar-refractivity contribution >= 4 is 26.8 Å². The van der Waals surface area contributed by atoms with Crippen molar-refractivity contribution in [2.75, 3.05) is 26.0 Å². The highest BCUT2D eigenvalue weighted by Crippen LogP contribution is 2.35. The molecule has 2 aromatic heterocycles. The quantitative estimate of drug-likeness (QED) is 0.504. The number of carbonyl (C=O) groups excluding carboxylic acids is 1. The van der Waals surface area contributed by atoms with Crippen LogP contribution in [-0.4, -0.2) is 76.7 Å². The van der Waals surface area contributed by atoms with E-state index >= 15 is 0 Å². The summed E-state index contributed by atoms with van der Waals surface area (Å²) in [7, 11) is 0.418. The first kappa shape index (κ1) is 25.9.